The van der Waals surface area contributed by atoms with Crippen LogP contribution < -0.4 is 10.2 Å². The van der Waals surface area contributed by atoms with E-state index in [1.165, 1.54) is 17.0 Å². The number of benzene rings is 1. The largest absolute Gasteiger partial charge is 0.378 e. The molecule has 1 saturated heterocycles. The van der Waals surface area contributed by atoms with Crippen LogP contribution >= 0.6 is 0 Å². The number of nitrogens with one attached hydrogen (secondary N) is 1. The zero-order valence-corrected chi connectivity index (χ0v) is 13.4. The molecule has 23 heavy (non-hydrogen) atoms. The molecule has 0 aliphatic carbocycles. The number of ether oxygens (including phenoxy) is 1. The number of morpholine rings is 1. The molecule has 1 heterocycles. The molecular weight excluding hydrogens is 299 g/mol. The Morgan fingerprint density at radius 3 is 2.83 bits per heavy atom. The Bertz CT molecular complexity index is 596. The minimum Gasteiger partial charge on any atom is -0.378 e. The molecule has 1 aliphatic heterocycles. The molecule has 1 aromatic rings. The summed E-state index contributed by atoms with van der Waals surface area (Å²) in [5.74, 6) is -0.406. The maximum absolute atomic E-state index is 13.8. The zero-order chi connectivity index (χ0) is 16.8. The van der Waals surface area contributed by atoms with Crippen LogP contribution in [0.4, 0.5) is 20.6 Å². The smallest absolute Gasteiger partial charge is 0.321 e. The Hall–Kier alpha value is -2.33. The summed E-state index contributed by atoms with van der Waals surface area (Å²) in [6.45, 7) is 4.37. The maximum atomic E-state index is 13.8. The summed E-state index contributed by atoms with van der Waals surface area (Å²) in [4.78, 5) is 15.6. The molecule has 1 fully saturated rings. The lowest BCUT2D eigenvalue weighted by Gasteiger charge is -2.29. The fraction of sp³-hybridized carbons (Fsp3) is 0.500. The van der Waals surface area contributed by atoms with Crippen molar-refractivity contribution in [1.82, 2.24) is 4.90 Å². The summed E-state index contributed by atoms with van der Waals surface area (Å²) in [5.41, 5.74) is 1.11. The molecule has 0 bridgehead atoms. The van der Waals surface area contributed by atoms with Gasteiger partial charge < -0.3 is 19.9 Å². The van der Waals surface area contributed by atoms with Crippen molar-refractivity contribution in [3.05, 3.63) is 24.0 Å². The number of anilines is 2. The average molecular weight is 320 g/mol. The van der Waals surface area contributed by atoms with E-state index in [0.717, 1.165) is 5.69 Å². The molecule has 0 radical (unpaired) electrons. The van der Waals surface area contributed by atoms with Gasteiger partial charge in [0, 0.05) is 37.6 Å². The third-order valence-corrected chi connectivity index (χ3v) is 3.88. The number of hydrogen-bond donors (Lipinski definition) is 1. The van der Waals surface area contributed by atoms with Gasteiger partial charge in [0.05, 0.1) is 25.7 Å². The van der Waals surface area contributed by atoms with Gasteiger partial charge in [0.25, 0.3) is 0 Å². The number of hydrogen-bond acceptors (Lipinski definition) is 4. The highest BCUT2D eigenvalue weighted by Crippen LogP contribution is 2.23. The summed E-state index contributed by atoms with van der Waals surface area (Å²) >= 11 is 0. The topological polar surface area (TPSA) is 68.6 Å². The summed E-state index contributed by atoms with van der Waals surface area (Å²) in [7, 11) is 1.61. The molecule has 1 aromatic carbocycles. The van der Waals surface area contributed by atoms with Crippen molar-refractivity contribution in [2.75, 3.05) is 43.6 Å². The second-order valence-corrected chi connectivity index (χ2v) is 5.55. The third kappa shape index (κ3) is 4.57. The number of amides is 2. The average Bonchev–Trinajstić information content (AvgIpc) is 2.54. The summed E-state index contributed by atoms with van der Waals surface area (Å²) in [6, 6.07) is 5.92. The first-order valence-corrected chi connectivity index (χ1v) is 7.55. The van der Waals surface area contributed by atoms with Crippen LogP contribution in [0, 0.1) is 17.1 Å². The van der Waals surface area contributed by atoms with Crippen molar-refractivity contribution in [2.45, 2.75) is 19.4 Å². The molecule has 0 spiro atoms. The van der Waals surface area contributed by atoms with Gasteiger partial charge in [-0.05, 0) is 25.1 Å². The normalized spacial score (nSPS) is 15.7. The van der Waals surface area contributed by atoms with Gasteiger partial charge in [-0.25, -0.2) is 9.18 Å². The van der Waals surface area contributed by atoms with Crippen molar-refractivity contribution >= 4 is 17.4 Å². The van der Waals surface area contributed by atoms with Gasteiger partial charge in [0.1, 0.15) is 5.82 Å². The molecule has 7 heteroatoms. The monoisotopic (exact) mass is 320 g/mol. The van der Waals surface area contributed by atoms with Gasteiger partial charge in [0.15, 0.2) is 0 Å². The van der Waals surface area contributed by atoms with E-state index in [1.54, 1.807) is 20.0 Å². The molecule has 1 N–H and O–H groups in total. The highest BCUT2D eigenvalue weighted by atomic mass is 19.1. The minimum absolute atomic E-state index is 0.215. The highest BCUT2D eigenvalue weighted by Gasteiger charge is 2.17. The van der Waals surface area contributed by atoms with Crippen LogP contribution in [0.25, 0.3) is 0 Å². The van der Waals surface area contributed by atoms with E-state index >= 15 is 0 Å². The number of carbonyl (C=O) groups is 1. The number of rotatable bonds is 4. The van der Waals surface area contributed by atoms with Crippen LogP contribution in [-0.4, -0.2) is 50.3 Å². The first kappa shape index (κ1) is 17.0. The Balaban J connectivity index is 2.09. The van der Waals surface area contributed by atoms with Crippen LogP contribution in [0.2, 0.25) is 0 Å². The summed E-state index contributed by atoms with van der Waals surface area (Å²) in [6.07, 6.45) is 0.242. The molecule has 1 atom stereocenters. The standard InChI is InChI=1S/C16H21FN4O2/c1-12(3-4-18)20(2)16(22)19-14-9-13(17)10-15(11-14)21-5-7-23-8-6-21/h9-12H,3,5-8H2,1-2H3,(H,19,22)/t12-/m0/s1. The fourth-order valence-corrected chi connectivity index (χ4v) is 2.33. The van der Waals surface area contributed by atoms with E-state index in [1.807, 2.05) is 11.0 Å². The van der Waals surface area contributed by atoms with Gasteiger partial charge >= 0.3 is 6.03 Å². The lowest BCUT2D eigenvalue weighted by molar-refractivity contribution is 0.122. The molecule has 124 valence electrons. The summed E-state index contributed by atoms with van der Waals surface area (Å²) < 4.78 is 19.1. The van der Waals surface area contributed by atoms with Crippen LogP contribution in [0.15, 0.2) is 18.2 Å². The number of nitriles is 1. The predicted octanol–water partition coefficient (Wildman–Crippen LogP) is 2.43. The molecule has 1 aliphatic rings. The van der Waals surface area contributed by atoms with Gasteiger partial charge in [-0.1, -0.05) is 0 Å². The van der Waals surface area contributed by atoms with E-state index in [2.05, 4.69) is 5.32 Å². The van der Waals surface area contributed by atoms with Crippen LogP contribution in [-0.2, 0) is 4.74 Å². The fourth-order valence-electron chi connectivity index (χ4n) is 2.33. The van der Waals surface area contributed by atoms with Crippen molar-refractivity contribution < 1.29 is 13.9 Å². The maximum Gasteiger partial charge on any atom is 0.321 e. The van der Waals surface area contributed by atoms with Gasteiger partial charge in [-0.15, -0.1) is 0 Å². The first-order chi connectivity index (χ1) is 11.0. The Kier molecular flexibility index (Phi) is 5.77. The Labute approximate surface area is 135 Å². The molecule has 2 amide bonds. The number of nitrogens with zero attached hydrogens (tertiary/aromatic N) is 3. The van der Waals surface area contributed by atoms with E-state index in [9.17, 15) is 9.18 Å². The summed E-state index contributed by atoms with van der Waals surface area (Å²) in [5, 5.41) is 11.4. The van der Waals surface area contributed by atoms with E-state index in [4.69, 9.17) is 10.00 Å². The minimum atomic E-state index is -0.406. The second kappa shape index (κ2) is 7.79. The highest BCUT2D eigenvalue weighted by molar-refractivity contribution is 5.90. The quantitative estimate of drug-likeness (QED) is 0.925. The van der Waals surface area contributed by atoms with E-state index in [0.29, 0.717) is 32.0 Å². The second-order valence-electron chi connectivity index (χ2n) is 5.55. The van der Waals surface area contributed by atoms with Crippen molar-refractivity contribution in [3.8, 4) is 6.07 Å². The number of halogens is 1. The molecule has 0 aromatic heterocycles. The molecule has 2 rings (SSSR count). The van der Waals surface area contributed by atoms with E-state index < -0.39 is 5.82 Å². The van der Waals surface area contributed by atoms with Crippen LogP contribution in [0.3, 0.4) is 0 Å². The van der Waals surface area contributed by atoms with Crippen molar-refractivity contribution in [3.63, 3.8) is 0 Å². The van der Waals surface area contributed by atoms with Gasteiger partial charge in [0.2, 0.25) is 0 Å². The molecule has 0 unspecified atom stereocenters. The molecule has 6 nitrogen and oxygen atoms in total. The van der Waals surface area contributed by atoms with Gasteiger partial charge in [-0.2, -0.15) is 5.26 Å². The van der Waals surface area contributed by atoms with Gasteiger partial charge in [-0.3, -0.25) is 0 Å². The van der Waals surface area contributed by atoms with Crippen molar-refractivity contribution in [2.24, 2.45) is 0 Å². The lowest BCUT2D eigenvalue weighted by atomic mass is 10.2. The molecule has 0 saturated carbocycles. The Morgan fingerprint density at radius 2 is 2.17 bits per heavy atom. The third-order valence-electron chi connectivity index (χ3n) is 3.88. The predicted molar refractivity (Wildman–Crippen MR) is 85.9 cm³/mol. The first-order valence-electron chi connectivity index (χ1n) is 7.55. The lowest BCUT2D eigenvalue weighted by Crippen LogP contribution is -2.38. The molecular formula is C16H21FN4O2. The SMILES string of the molecule is C[C@@H](CC#N)N(C)C(=O)Nc1cc(F)cc(N2CCOCC2)c1. The van der Waals surface area contributed by atoms with E-state index in [-0.39, 0.29) is 18.5 Å². The Morgan fingerprint density at radius 1 is 1.48 bits per heavy atom. The number of urea groups is 1. The van der Waals surface area contributed by atoms with Crippen molar-refractivity contribution in [1.29, 1.82) is 5.26 Å². The zero-order valence-electron chi connectivity index (χ0n) is 13.4. The van der Waals surface area contributed by atoms with Crippen LogP contribution in [0.5, 0.6) is 0 Å². The van der Waals surface area contributed by atoms with Crippen LogP contribution in [0.1, 0.15) is 13.3 Å². The number of carbonyl (C=O) groups excluding carboxylic acids is 1.